The SMILES string of the molecule is COc1ccccc1CN1CCC(NC(=O)c2ccc(-c3cccc(Cl)c3)s2)CC1.O=C(O)C(F)(F)F. The standard InChI is InChI=1S/C24H25ClN2O2S.C2HF3O2/c1-29-21-8-3-2-5-18(21)16-27-13-11-20(12-14-27)26-24(28)23-10-9-22(30-23)17-6-4-7-19(25)15-17;3-2(4,5)1(6)7/h2-10,15,20H,11-14,16H2,1H3,(H,26,28);(H,6,7). The summed E-state index contributed by atoms with van der Waals surface area (Å²) in [5.74, 6) is -1.81. The van der Waals surface area contributed by atoms with Gasteiger partial charge in [-0.05, 0) is 48.7 Å². The third-order valence-electron chi connectivity index (χ3n) is 5.69. The average molecular weight is 555 g/mol. The van der Waals surface area contributed by atoms with Gasteiger partial charge in [0.15, 0.2) is 0 Å². The summed E-state index contributed by atoms with van der Waals surface area (Å²) in [4.78, 5) is 25.8. The number of carbonyl (C=O) groups is 2. The molecule has 37 heavy (non-hydrogen) atoms. The fraction of sp³-hybridized carbons (Fsp3) is 0.308. The molecule has 1 aliphatic rings. The molecule has 1 aromatic heterocycles. The van der Waals surface area contributed by atoms with Gasteiger partial charge in [0.05, 0.1) is 12.0 Å². The number of alkyl halides is 3. The molecule has 2 N–H and O–H groups in total. The number of likely N-dealkylation sites (tertiary alicyclic amines) is 1. The van der Waals surface area contributed by atoms with Crippen LogP contribution in [0.15, 0.2) is 60.7 Å². The number of carboxylic acids is 1. The molecule has 11 heteroatoms. The number of ether oxygens (including phenoxy) is 1. The van der Waals surface area contributed by atoms with E-state index in [1.165, 1.54) is 16.9 Å². The molecule has 198 valence electrons. The number of methoxy groups -OCH3 is 1. The minimum Gasteiger partial charge on any atom is -0.496 e. The van der Waals surface area contributed by atoms with Crippen molar-refractivity contribution in [2.75, 3.05) is 20.2 Å². The number of aliphatic carboxylic acids is 1. The van der Waals surface area contributed by atoms with Crippen LogP contribution in [0, 0.1) is 0 Å². The van der Waals surface area contributed by atoms with Crippen LogP contribution in [0.1, 0.15) is 28.1 Å². The van der Waals surface area contributed by atoms with Crippen molar-refractivity contribution in [3.8, 4) is 16.2 Å². The summed E-state index contributed by atoms with van der Waals surface area (Å²) in [6.45, 7) is 2.79. The van der Waals surface area contributed by atoms with E-state index >= 15 is 0 Å². The van der Waals surface area contributed by atoms with Gasteiger partial charge in [-0.3, -0.25) is 9.69 Å². The first-order chi connectivity index (χ1) is 17.6. The van der Waals surface area contributed by atoms with E-state index in [0.29, 0.717) is 5.02 Å². The maximum absolute atomic E-state index is 12.7. The highest BCUT2D eigenvalue weighted by Gasteiger charge is 2.38. The number of carbonyl (C=O) groups excluding carboxylic acids is 1. The number of rotatable bonds is 6. The number of amides is 1. The number of nitrogens with one attached hydrogen (secondary N) is 1. The summed E-state index contributed by atoms with van der Waals surface area (Å²) in [6.07, 6.45) is -3.18. The maximum atomic E-state index is 12.7. The summed E-state index contributed by atoms with van der Waals surface area (Å²) >= 11 is 7.59. The molecule has 0 unspecified atom stereocenters. The zero-order valence-corrected chi connectivity index (χ0v) is 21.5. The number of halogens is 4. The lowest BCUT2D eigenvalue weighted by Crippen LogP contribution is -2.44. The van der Waals surface area contributed by atoms with Gasteiger partial charge in [0.25, 0.3) is 5.91 Å². The lowest BCUT2D eigenvalue weighted by Gasteiger charge is -2.32. The molecule has 1 fully saturated rings. The van der Waals surface area contributed by atoms with Gasteiger partial charge in [-0.15, -0.1) is 11.3 Å². The highest BCUT2D eigenvalue weighted by Crippen LogP contribution is 2.30. The van der Waals surface area contributed by atoms with E-state index in [1.54, 1.807) is 7.11 Å². The Balaban J connectivity index is 0.000000479. The Kier molecular flexibility index (Phi) is 9.96. The van der Waals surface area contributed by atoms with Crippen molar-refractivity contribution in [3.05, 3.63) is 76.1 Å². The van der Waals surface area contributed by atoms with Crippen molar-refractivity contribution >= 4 is 34.8 Å². The zero-order chi connectivity index (χ0) is 27.0. The van der Waals surface area contributed by atoms with Crippen molar-refractivity contribution in [1.82, 2.24) is 10.2 Å². The fourth-order valence-corrected chi connectivity index (χ4v) is 4.92. The predicted octanol–water partition coefficient (Wildman–Crippen LogP) is 6.10. The van der Waals surface area contributed by atoms with Gasteiger partial charge < -0.3 is 15.2 Å². The van der Waals surface area contributed by atoms with E-state index in [9.17, 15) is 18.0 Å². The van der Waals surface area contributed by atoms with Gasteiger partial charge in [-0.25, -0.2) is 4.79 Å². The van der Waals surface area contributed by atoms with Crippen LogP contribution >= 0.6 is 22.9 Å². The van der Waals surface area contributed by atoms with Gasteiger partial charge in [-0.1, -0.05) is 41.9 Å². The molecule has 0 saturated carbocycles. The van der Waals surface area contributed by atoms with E-state index in [2.05, 4.69) is 16.3 Å². The molecular formula is C26H26ClF3N2O4S. The Hall–Kier alpha value is -3.08. The van der Waals surface area contributed by atoms with Crippen molar-refractivity contribution in [1.29, 1.82) is 0 Å². The number of para-hydroxylation sites is 1. The number of carboxylic acid groups (broad SMARTS) is 1. The first kappa shape index (κ1) is 28.5. The van der Waals surface area contributed by atoms with E-state index in [4.69, 9.17) is 26.2 Å². The van der Waals surface area contributed by atoms with Gasteiger partial charge in [0.2, 0.25) is 0 Å². The van der Waals surface area contributed by atoms with Crippen molar-refractivity contribution in [2.45, 2.75) is 31.6 Å². The molecule has 1 aliphatic heterocycles. The smallest absolute Gasteiger partial charge is 0.490 e. The Morgan fingerprint density at radius 3 is 2.41 bits per heavy atom. The minimum atomic E-state index is -5.08. The van der Waals surface area contributed by atoms with Gasteiger partial charge >= 0.3 is 12.1 Å². The van der Waals surface area contributed by atoms with Gasteiger partial charge in [0.1, 0.15) is 5.75 Å². The summed E-state index contributed by atoms with van der Waals surface area (Å²) < 4.78 is 37.2. The molecule has 6 nitrogen and oxygen atoms in total. The molecule has 1 saturated heterocycles. The van der Waals surface area contributed by atoms with Crippen molar-refractivity contribution in [2.24, 2.45) is 0 Å². The number of benzene rings is 2. The van der Waals surface area contributed by atoms with Crippen molar-refractivity contribution in [3.63, 3.8) is 0 Å². The van der Waals surface area contributed by atoms with Crippen molar-refractivity contribution < 1.29 is 32.6 Å². The van der Waals surface area contributed by atoms with E-state index in [-0.39, 0.29) is 11.9 Å². The Labute approximate surface area is 221 Å². The molecule has 2 aromatic carbocycles. The first-order valence-electron chi connectivity index (χ1n) is 11.4. The summed E-state index contributed by atoms with van der Waals surface area (Å²) in [6, 6.07) is 20.0. The number of piperidine rings is 1. The Bertz CT molecular complexity index is 1210. The highest BCUT2D eigenvalue weighted by atomic mass is 35.5. The number of hydrogen-bond acceptors (Lipinski definition) is 5. The lowest BCUT2D eigenvalue weighted by molar-refractivity contribution is -0.192. The molecular weight excluding hydrogens is 529 g/mol. The van der Waals surface area contributed by atoms with E-state index < -0.39 is 12.1 Å². The molecule has 4 rings (SSSR count). The van der Waals surface area contributed by atoms with Crippen LogP contribution in [-0.4, -0.2) is 54.3 Å². The summed E-state index contributed by atoms with van der Waals surface area (Å²) in [7, 11) is 1.71. The maximum Gasteiger partial charge on any atom is 0.490 e. The Morgan fingerprint density at radius 1 is 1.11 bits per heavy atom. The quantitative estimate of drug-likeness (QED) is 0.385. The molecule has 0 aliphatic carbocycles. The van der Waals surface area contributed by atoms with E-state index in [1.807, 2.05) is 54.6 Å². The second-order valence-electron chi connectivity index (χ2n) is 8.31. The van der Waals surface area contributed by atoms with Crippen LogP contribution in [0.5, 0.6) is 5.75 Å². The molecule has 3 aromatic rings. The third-order valence-corrected chi connectivity index (χ3v) is 7.06. The number of nitrogens with zero attached hydrogens (tertiary/aromatic N) is 1. The second kappa shape index (κ2) is 12.9. The first-order valence-corrected chi connectivity index (χ1v) is 12.6. The van der Waals surface area contributed by atoms with Gasteiger partial charge in [0, 0.05) is 41.1 Å². The fourth-order valence-electron chi connectivity index (χ4n) is 3.82. The Morgan fingerprint density at radius 2 is 1.78 bits per heavy atom. The monoisotopic (exact) mass is 554 g/mol. The predicted molar refractivity (Wildman–Crippen MR) is 137 cm³/mol. The third kappa shape index (κ3) is 8.48. The van der Waals surface area contributed by atoms with Crippen LogP contribution in [0.4, 0.5) is 13.2 Å². The molecule has 2 heterocycles. The zero-order valence-electron chi connectivity index (χ0n) is 19.9. The largest absolute Gasteiger partial charge is 0.496 e. The molecule has 0 radical (unpaired) electrons. The molecule has 0 atom stereocenters. The average Bonchev–Trinajstić information content (AvgIpc) is 3.36. The molecule has 0 spiro atoms. The molecule has 0 bridgehead atoms. The summed E-state index contributed by atoms with van der Waals surface area (Å²) in [5, 5.41) is 11.0. The topological polar surface area (TPSA) is 78.9 Å². The van der Waals surface area contributed by atoms with E-state index in [0.717, 1.165) is 53.5 Å². The van der Waals surface area contributed by atoms with Crippen LogP contribution in [0.3, 0.4) is 0 Å². The number of thiophene rings is 1. The molecule has 1 amide bonds. The minimum absolute atomic E-state index is 0.0106. The second-order valence-corrected chi connectivity index (χ2v) is 9.83. The highest BCUT2D eigenvalue weighted by molar-refractivity contribution is 7.17. The van der Waals surface area contributed by atoms with Crippen LogP contribution in [-0.2, 0) is 11.3 Å². The number of hydrogen-bond donors (Lipinski definition) is 2. The lowest BCUT2D eigenvalue weighted by atomic mass is 10.0. The van der Waals surface area contributed by atoms with Gasteiger partial charge in [-0.2, -0.15) is 13.2 Å². The van der Waals surface area contributed by atoms with Crippen LogP contribution in [0.2, 0.25) is 5.02 Å². The van der Waals surface area contributed by atoms with Crippen LogP contribution in [0.25, 0.3) is 10.4 Å². The normalized spacial score (nSPS) is 14.4. The summed E-state index contributed by atoms with van der Waals surface area (Å²) in [5.41, 5.74) is 2.24. The van der Waals surface area contributed by atoms with Crippen LogP contribution < -0.4 is 10.1 Å².